The largest absolute Gasteiger partial charge is 0.356 e. The first-order valence-corrected chi connectivity index (χ1v) is 6.63. The number of hydrogen-bond acceptors (Lipinski definition) is 1. The molecule has 1 aliphatic rings. The van der Waals surface area contributed by atoms with E-state index in [0.717, 1.165) is 11.9 Å². The molecule has 4 heteroatoms. The van der Waals surface area contributed by atoms with E-state index in [9.17, 15) is 0 Å². The molecule has 0 radical (unpaired) electrons. The second-order valence-electron chi connectivity index (χ2n) is 4.56. The Morgan fingerprint density at radius 3 is 2.94 bits per heavy atom. The van der Waals surface area contributed by atoms with Gasteiger partial charge in [-0.15, -0.1) is 0 Å². The molecule has 0 saturated carbocycles. The van der Waals surface area contributed by atoms with Crippen LogP contribution in [0.15, 0.2) is 12.1 Å². The third kappa shape index (κ3) is 1.75. The van der Waals surface area contributed by atoms with Gasteiger partial charge in [0, 0.05) is 22.1 Å². The smallest absolute Gasteiger partial charge is 0.0662 e. The van der Waals surface area contributed by atoms with Crippen molar-refractivity contribution < 1.29 is 0 Å². The van der Waals surface area contributed by atoms with Crippen LogP contribution in [0, 0.1) is 0 Å². The Morgan fingerprint density at radius 1 is 1.35 bits per heavy atom. The van der Waals surface area contributed by atoms with Crippen LogP contribution in [0.3, 0.4) is 0 Å². The van der Waals surface area contributed by atoms with Crippen LogP contribution in [0.2, 0.25) is 10.0 Å². The maximum absolute atomic E-state index is 6.24. The molecule has 1 atom stereocenters. The van der Waals surface area contributed by atoms with Gasteiger partial charge >= 0.3 is 0 Å². The molecule has 2 nitrogen and oxygen atoms in total. The fraction of sp³-hybridized carbons (Fsp3) is 0.385. The molecule has 0 aliphatic heterocycles. The van der Waals surface area contributed by atoms with Crippen LogP contribution in [0.1, 0.15) is 30.1 Å². The van der Waals surface area contributed by atoms with Gasteiger partial charge in [0.15, 0.2) is 0 Å². The van der Waals surface area contributed by atoms with Crippen LogP contribution in [0.4, 0.5) is 0 Å². The lowest BCUT2D eigenvalue weighted by atomic mass is 9.92. The molecule has 17 heavy (non-hydrogen) atoms. The van der Waals surface area contributed by atoms with E-state index < -0.39 is 0 Å². The Balaban J connectivity index is 2.30. The maximum Gasteiger partial charge on any atom is 0.0662 e. The molecule has 1 aromatic carbocycles. The highest BCUT2D eigenvalue weighted by molar-refractivity contribution is 6.38. The normalized spacial score (nSPS) is 19.6. The second-order valence-corrected chi connectivity index (χ2v) is 5.40. The van der Waals surface area contributed by atoms with Gasteiger partial charge in [0.1, 0.15) is 0 Å². The lowest BCUT2D eigenvalue weighted by Gasteiger charge is -2.21. The van der Waals surface area contributed by atoms with Gasteiger partial charge in [-0.2, -0.15) is 0 Å². The first kappa shape index (κ1) is 11.4. The molecule has 0 bridgehead atoms. The predicted octanol–water partition coefficient (Wildman–Crippen LogP) is 4.07. The molecular weight excluding hydrogens is 255 g/mol. The molecule has 1 heterocycles. The Hall–Kier alpha value is -0.700. The molecule has 3 rings (SSSR count). The standard InChI is InChI=1S/C13H14Cl2N2/c1-16-11-4-2-3-8-9-5-7(14)6-10(15)12(9)17-13(8)11/h5-6,11,16-17H,2-4H2,1H3. The number of nitrogens with one attached hydrogen (secondary N) is 2. The number of aromatic nitrogens is 1. The summed E-state index contributed by atoms with van der Waals surface area (Å²) in [5.74, 6) is 0. The van der Waals surface area contributed by atoms with E-state index in [1.54, 1.807) is 6.07 Å². The minimum atomic E-state index is 0.404. The van der Waals surface area contributed by atoms with Crippen molar-refractivity contribution in [3.63, 3.8) is 0 Å². The molecule has 2 aromatic rings. The van der Waals surface area contributed by atoms with Crippen molar-refractivity contribution in [3.05, 3.63) is 33.4 Å². The predicted molar refractivity (Wildman–Crippen MR) is 73.1 cm³/mol. The minimum Gasteiger partial charge on any atom is -0.356 e. The minimum absolute atomic E-state index is 0.404. The molecule has 90 valence electrons. The van der Waals surface area contributed by atoms with Crippen molar-refractivity contribution in [1.82, 2.24) is 10.3 Å². The van der Waals surface area contributed by atoms with Crippen LogP contribution < -0.4 is 5.32 Å². The number of benzene rings is 1. The van der Waals surface area contributed by atoms with Crippen molar-refractivity contribution >= 4 is 34.1 Å². The highest BCUT2D eigenvalue weighted by Gasteiger charge is 2.23. The lowest BCUT2D eigenvalue weighted by molar-refractivity contribution is 0.489. The number of aryl methyl sites for hydroxylation is 1. The van der Waals surface area contributed by atoms with E-state index in [0.29, 0.717) is 16.1 Å². The van der Waals surface area contributed by atoms with E-state index in [1.165, 1.54) is 29.5 Å². The van der Waals surface area contributed by atoms with Crippen LogP contribution in [-0.4, -0.2) is 12.0 Å². The van der Waals surface area contributed by atoms with Crippen molar-refractivity contribution in [2.24, 2.45) is 0 Å². The lowest BCUT2D eigenvalue weighted by Crippen LogP contribution is -2.21. The summed E-state index contributed by atoms with van der Waals surface area (Å²) >= 11 is 12.3. The summed E-state index contributed by atoms with van der Waals surface area (Å²) < 4.78 is 0. The van der Waals surface area contributed by atoms with E-state index in [1.807, 2.05) is 13.1 Å². The topological polar surface area (TPSA) is 27.8 Å². The third-order valence-corrected chi connectivity index (χ3v) is 4.10. The molecule has 1 aliphatic carbocycles. The van der Waals surface area contributed by atoms with Crippen molar-refractivity contribution in [3.8, 4) is 0 Å². The number of H-pyrrole nitrogens is 1. The molecule has 1 aromatic heterocycles. The summed E-state index contributed by atoms with van der Waals surface area (Å²) in [5.41, 5.74) is 3.66. The third-order valence-electron chi connectivity index (χ3n) is 3.58. The van der Waals surface area contributed by atoms with Crippen LogP contribution in [0.25, 0.3) is 10.9 Å². The average Bonchev–Trinajstić information content (AvgIpc) is 2.68. The number of fused-ring (bicyclic) bond motifs is 3. The van der Waals surface area contributed by atoms with Crippen molar-refractivity contribution in [2.45, 2.75) is 25.3 Å². The first-order valence-electron chi connectivity index (χ1n) is 5.87. The van der Waals surface area contributed by atoms with Crippen molar-refractivity contribution in [2.75, 3.05) is 7.05 Å². The molecule has 0 amide bonds. The Kier molecular flexibility index (Phi) is 2.81. The first-order chi connectivity index (χ1) is 8.20. The van der Waals surface area contributed by atoms with E-state index in [4.69, 9.17) is 23.2 Å². The summed E-state index contributed by atoms with van der Waals surface area (Å²) in [7, 11) is 2.00. The van der Waals surface area contributed by atoms with Gasteiger partial charge < -0.3 is 10.3 Å². The maximum atomic E-state index is 6.24. The Labute approximate surface area is 110 Å². The average molecular weight is 269 g/mol. The van der Waals surface area contributed by atoms with Gasteiger partial charge in [-0.25, -0.2) is 0 Å². The van der Waals surface area contributed by atoms with Gasteiger partial charge in [-0.05, 0) is 44.0 Å². The summed E-state index contributed by atoms with van der Waals surface area (Å²) in [5, 5.41) is 5.94. The zero-order chi connectivity index (χ0) is 12.0. The Bertz CT molecular complexity index is 574. The molecular formula is C13H14Cl2N2. The SMILES string of the molecule is CNC1CCCc2c1[nH]c1c(Cl)cc(Cl)cc21. The molecule has 0 fully saturated rings. The number of halogens is 2. The van der Waals surface area contributed by atoms with E-state index >= 15 is 0 Å². The molecule has 2 N–H and O–H groups in total. The molecule has 1 unspecified atom stereocenters. The van der Waals surface area contributed by atoms with Gasteiger partial charge in [0.2, 0.25) is 0 Å². The van der Waals surface area contributed by atoms with E-state index in [-0.39, 0.29) is 0 Å². The fourth-order valence-electron chi connectivity index (χ4n) is 2.78. The van der Waals surface area contributed by atoms with Gasteiger partial charge in [-0.1, -0.05) is 23.2 Å². The zero-order valence-corrected chi connectivity index (χ0v) is 11.1. The number of rotatable bonds is 1. The van der Waals surface area contributed by atoms with Crippen molar-refractivity contribution in [1.29, 1.82) is 0 Å². The van der Waals surface area contributed by atoms with E-state index in [2.05, 4.69) is 10.3 Å². The van der Waals surface area contributed by atoms with Gasteiger partial charge in [0.25, 0.3) is 0 Å². The fourth-order valence-corrected chi connectivity index (χ4v) is 3.32. The zero-order valence-electron chi connectivity index (χ0n) is 9.61. The van der Waals surface area contributed by atoms with Crippen LogP contribution >= 0.6 is 23.2 Å². The Morgan fingerprint density at radius 2 is 2.18 bits per heavy atom. The highest BCUT2D eigenvalue weighted by atomic mass is 35.5. The number of hydrogen-bond donors (Lipinski definition) is 2. The van der Waals surface area contributed by atoms with Gasteiger partial charge in [0.05, 0.1) is 10.5 Å². The summed E-state index contributed by atoms with van der Waals surface area (Å²) in [6, 6.07) is 4.21. The summed E-state index contributed by atoms with van der Waals surface area (Å²) in [4.78, 5) is 3.46. The van der Waals surface area contributed by atoms with Gasteiger partial charge in [-0.3, -0.25) is 0 Å². The monoisotopic (exact) mass is 268 g/mol. The van der Waals surface area contributed by atoms with Crippen LogP contribution in [0.5, 0.6) is 0 Å². The molecule has 0 spiro atoms. The quantitative estimate of drug-likeness (QED) is 0.802. The number of aromatic amines is 1. The highest BCUT2D eigenvalue weighted by Crippen LogP contribution is 2.38. The summed E-state index contributed by atoms with van der Waals surface area (Å²) in [6.07, 6.45) is 3.47. The van der Waals surface area contributed by atoms with Crippen LogP contribution in [-0.2, 0) is 6.42 Å². The second kappa shape index (κ2) is 4.20. The summed E-state index contributed by atoms with van der Waals surface area (Å²) in [6.45, 7) is 0. The molecule has 0 saturated heterocycles.